The highest BCUT2D eigenvalue weighted by atomic mass is 35.5. The van der Waals surface area contributed by atoms with Gasteiger partial charge in [-0.2, -0.15) is 4.31 Å². The van der Waals surface area contributed by atoms with Crippen molar-refractivity contribution in [2.75, 3.05) is 39.3 Å². The van der Waals surface area contributed by atoms with Crippen molar-refractivity contribution in [1.29, 1.82) is 0 Å². The van der Waals surface area contributed by atoms with Crippen molar-refractivity contribution in [1.82, 2.24) is 14.5 Å². The summed E-state index contributed by atoms with van der Waals surface area (Å²) in [7, 11) is -3.64. The first kappa shape index (κ1) is 23.1. The molecule has 176 valence electrons. The van der Waals surface area contributed by atoms with Crippen molar-refractivity contribution in [2.45, 2.75) is 11.3 Å². The maximum absolute atomic E-state index is 13.2. The highest BCUT2D eigenvalue weighted by Crippen LogP contribution is 2.26. The van der Waals surface area contributed by atoms with Gasteiger partial charge in [0.25, 0.3) is 5.91 Å². The van der Waals surface area contributed by atoms with Crippen LogP contribution in [0.15, 0.2) is 71.6 Å². The Kier molecular flexibility index (Phi) is 6.44. The predicted molar refractivity (Wildman–Crippen MR) is 136 cm³/mol. The van der Waals surface area contributed by atoms with E-state index >= 15 is 0 Å². The Hall–Kier alpha value is -2.71. The first-order valence-corrected chi connectivity index (χ1v) is 13.2. The molecule has 0 aromatic heterocycles. The Morgan fingerprint density at radius 2 is 1.59 bits per heavy atom. The van der Waals surface area contributed by atoms with Gasteiger partial charge in [0.1, 0.15) is 0 Å². The zero-order valence-corrected chi connectivity index (χ0v) is 20.3. The van der Waals surface area contributed by atoms with Crippen molar-refractivity contribution in [2.24, 2.45) is 0 Å². The smallest absolute Gasteiger partial charge is 0.253 e. The number of nitrogens with zero attached hydrogens (tertiary/aromatic N) is 2. The number of amides is 1. The fraction of sp³-hybridized carbons (Fsp3) is 0.269. The molecule has 0 spiro atoms. The monoisotopic (exact) mass is 495 g/mol. The fourth-order valence-corrected chi connectivity index (χ4v) is 6.17. The van der Waals surface area contributed by atoms with Crippen LogP contribution in [0.4, 0.5) is 0 Å². The van der Waals surface area contributed by atoms with E-state index in [1.807, 2.05) is 36.4 Å². The van der Waals surface area contributed by atoms with Gasteiger partial charge < -0.3 is 10.2 Å². The Labute approximate surface area is 204 Å². The van der Waals surface area contributed by atoms with Crippen LogP contribution in [-0.4, -0.2) is 62.8 Å². The lowest BCUT2D eigenvalue weighted by Gasteiger charge is -2.34. The molecule has 2 aliphatic rings. The Morgan fingerprint density at radius 3 is 2.29 bits per heavy atom. The topological polar surface area (TPSA) is 69.7 Å². The van der Waals surface area contributed by atoms with E-state index < -0.39 is 10.0 Å². The minimum atomic E-state index is -3.64. The summed E-state index contributed by atoms with van der Waals surface area (Å²) in [6.45, 7) is 3.10. The molecule has 0 bridgehead atoms. The van der Waals surface area contributed by atoms with Crippen LogP contribution in [0.25, 0.3) is 16.3 Å². The van der Waals surface area contributed by atoms with Crippen molar-refractivity contribution in [3.05, 3.63) is 82.9 Å². The molecule has 3 aromatic carbocycles. The van der Waals surface area contributed by atoms with Crippen molar-refractivity contribution in [3.63, 3.8) is 0 Å². The van der Waals surface area contributed by atoms with E-state index in [1.54, 1.807) is 29.2 Å². The largest absolute Gasteiger partial charge is 0.336 e. The summed E-state index contributed by atoms with van der Waals surface area (Å²) in [4.78, 5) is 15.0. The minimum Gasteiger partial charge on any atom is -0.336 e. The highest BCUT2D eigenvalue weighted by Gasteiger charge is 2.30. The molecule has 6 nitrogen and oxygen atoms in total. The maximum atomic E-state index is 13.2. The summed E-state index contributed by atoms with van der Waals surface area (Å²) in [5.41, 5.74) is 3.07. The second-order valence-corrected chi connectivity index (χ2v) is 11.0. The lowest BCUT2D eigenvalue weighted by Crippen LogP contribution is -2.50. The van der Waals surface area contributed by atoms with Crippen LogP contribution in [0, 0.1) is 0 Å². The van der Waals surface area contributed by atoms with E-state index in [9.17, 15) is 13.2 Å². The second-order valence-electron chi connectivity index (χ2n) is 8.61. The van der Waals surface area contributed by atoms with E-state index in [-0.39, 0.29) is 23.9 Å². The van der Waals surface area contributed by atoms with E-state index in [4.69, 9.17) is 11.6 Å². The average molecular weight is 496 g/mol. The van der Waals surface area contributed by atoms with E-state index in [2.05, 4.69) is 11.4 Å². The Bertz CT molecular complexity index is 1360. The Morgan fingerprint density at radius 1 is 0.882 bits per heavy atom. The van der Waals surface area contributed by atoms with E-state index in [0.717, 1.165) is 35.8 Å². The first-order valence-electron chi connectivity index (χ1n) is 11.4. The summed E-state index contributed by atoms with van der Waals surface area (Å²) in [6.07, 6.45) is 3.17. The van der Waals surface area contributed by atoms with Crippen LogP contribution in [0.1, 0.15) is 22.3 Å². The zero-order chi connectivity index (χ0) is 23.7. The lowest BCUT2D eigenvalue weighted by atomic mass is 9.99. The van der Waals surface area contributed by atoms with Gasteiger partial charge in [0.2, 0.25) is 10.0 Å². The average Bonchev–Trinajstić information content (AvgIpc) is 2.88. The molecule has 0 radical (unpaired) electrons. The van der Waals surface area contributed by atoms with Gasteiger partial charge in [0, 0.05) is 43.3 Å². The molecule has 2 heterocycles. The summed E-state index contributed by atoms with van der Waals surface area (Å²) in [5.74, 6) is -0.0644. The fourth-order valence-electron chi connectivity index (χ4n) is 4.53. The van der Waals surface area contributed by atoms with Gasteiger partial charge in [-0.3, -0.25) is 4.79 Å². The molecule has 2 aliphatic heterocycles. The molecule has 1 N–H and O–H groups in total. The molecular formula is C26H26ClN3O3S. The molecule has 0 aliphatic carbocycles. The van der Waals surface area contributed by atoms with Crippen LogP contribution in [0.3, 0.4) is 0 Å². The van der Waals surface area contributed by atoms with Crippen LogP contribution >= 0.6 is 11.6 Å². The third kappa shape index (κ3) is 4.61. The number of halogens is 1. The number of hydrogen-bond donors (Lipinski definition) is 1. The van der Waals surface area contributed by atoms with Crippen LogP contribution < -0.4 is 5.32 Å². The minimum absolute atomic E-state index is 0.0644. The molecule has 34 heavy (non-hydrogen) atoms. The molecule has 0 saturated carbocycles. The van der Waals surface area contributed by atoms with Crippen LogP contribution in [0.5, 0.6) is 0 Å². The standard InChI is InChI=1S/C26H26ClN3O3S/c27-24-7-5-23-18-25(8-6-22(23)17-24)34(32,33)30-15-13-29(14-16-30)26(31)21-3-1-19(2-4-21)20-9-11-28-12-10-20/h1-9,17-18,28H,10-16H2. The predicted octanol–water partition coefficient (Wildman–Crippen LogP) is 4.02. The zero-order valence-electron chi connectivity index (χ0n) is 18.7. The lowest BCUT2D eigenvalue weighted by molar-refractivity contribution is 0.0698. The third-order valence-electron chi connectivity index (χ3n) is 6.50. The molecule has 5 rings (SSSR count). The van der Waals surface area contributed by atoms with Crippen LogP contribution in [-0.2, 0) is 10.0 Å². The highest BCUT2D eigenvalue weighted by molar-refractivity contribution is 7.89. The third-order valence-corrected chi connectivity index (χ3v) is 8.63. The SMILES string of the molecule is O=C(c1ccc(C2=CCNCC2)cc1)N1CCN(S(=O)(=O)c2ccc3cc(Cl)ccc3c2)CC1. The molecular weight excluding hydrogens is 470 g/mol. The van der Waals surface area contributed by atoms with E-state index in [0.29, 0.717) is 23.7 Å². The molecule has 8 heteroatoms. The van der Waals surface area contributed by atoms with Gasteiger partial charge in [0.15, 0.2) is 0 Å². The number of piperazine rings is 1. The number of fused-ring (bicyclic) bond motifs is 1. The van der Waals surface area contributed by atoms with Crippen LogP contribution in [0.2, 0.25) is 5.02 Å². The molecule has 3 aromatic rings. The molecule has 1 amide bonds. The second kappa shape index (κ2) is 9.50. The van der Waals surface area contributed by atoms with Gasteiger partial charge in [-0.15, -0.1) is 0 Å². The van der Waals surface area contributed by atoms with Gasteiger partial charge in [0.05, 0.1) is 4.90 Å². The summed E-state index contributed by atoms with van der Waals surface area (Å²) in [5, 5.41) is 5.63. The summed E-state index contributed by atoms with van der Waals surface area (Å²) >= 11 is 6.03. The summed E-state index contributed by atoms with van der Waals surface area (Å²) in [6, 6.07) is 18.2. The van der Waals surface area contributed by atoms with Crippen molar-refractivity contribution < 1.29 is 13.2 Å². The van der Waals surface area contributed by atoms with Crippen molar-refractivity contribution >= 4 is 43.9 Å². The number of nitrogens with one attached hydrogen (secondary N) is 1. The summed E-state index contributed by atoms with van der Waals surface area (Å²) < 4.78 is 27.9. The van der Waals surface area contributed by atoms with Gasteiger partial charge >= 0.3 is 0 Å². The Balaban J connectivity index is 1.25. The maximum Gasteiger partial charge on any atom is 0.253 e. The van der Waals surface area contributed by atoms with Gasteiger partial charge in [-0.05, 0) is 71.3 Å². The van der Waals surface area contributed by atoms with Gasteiger partial charge in [-0.25, -0.2) is 8.42 Å². The van der Waals surface area contributed by atoms with Gasteiger partial charge in [-0.1, -0.05) is 41.9 Å². The number of sulfonamides is 1. The molecule has 1 saturated heterocycles. The van der Waals surface area contributed by atoms with Crippen molar-refractivity contribution in [3.8, 4) is 0 Å². The normalized spacial score (nSPS) is 17.6. The number of rotatable bonds is 4. The quantitative estimate of drug-likeness (QED) is 0.593. The molecule has 0 unspecified atom stereocenters. The van der Waals surface area contributed by atoms with E-state index in [1.165, 1.54) is 9.88 Å². The number of hydrogen-bond acceptors (Lipinski definition) is 4. The first-order chi connectivity index (χ1) is 16.4. The number of carbonyl (C=O) groups is 1. The number of carbonyl (C=O) groups excluding carboxylic acids is 1. The molecule has 1 fully saturated rings. The molecule has 0 atom stereocenters. The number of benzene rings is 3.